The van der Waals surface area contributed by atoms with Crippen molar-refractivity contribution < 1.29 is 28.5 Å². The summed E-state index contributed by atoms with van der Waals surface area (Å²) in [6.45, 7) is 18.5. The summed E-state index contributed by atoms with van der Waals surface area (Å²) in [4.78, 5) is 61.1. The number of rotatable bonds is 10. The zero-order valence-electron chi connectivity index (χ0n) is 73.6. The van der Waals surface area contributed by atoms with E-state index in [-0.39, 0.29) is 62.4 Å². The highest BCUT2D eigenvalue weighted by Gasteiger charge is 2.53. The van der Waals surface area contributed by atoms with Crippen molar-refractivity contribution >= 4 is 414 Å². The fourth-order valence-corrected chi connectivity index (χ4v) is 135. The van der Waals surface area contributed by atoms with Gasteiger partial charge in [-0.15, -0.1) is 76.2 Å². The minimum absolute atomic E-state index is 0.0951. The second-order valence-corrected chi connectivity index (χ2v) is 94.7. The van der Waals surface area contributed by atoms with Gasteiger partial charge in [0.25, 0.3) is 23.6 Å². The molecule has 1 saturated heterocycles. The number of para-hydroxylation sites is 6. The van der Waals surface area contributed by atoms with Gasteiger partial charge in [0.2, 0.25) is 0 Å². The molecule has 692 valence electrons. The maximum absolute atomic E-state index is 14.3. The van der Waals surface area contributed by atoms with Crippen LogP contribution in [0.15, 0.2) is 296 Å². The van der Waals surface area contributed by atoms with E-state index < -0.39 is 18.3 Å². The molecule has 8 atom stereocenters. The molecule has 14 aromatic carbocycles. The van der Waals surface area contributed by atoms with Gasteiger partial charge in [-0.3, -0.25) is 19.2 Å². The van der Waals surface area contributed by atoms with E-state index in [9.17, 15) is 19.2 Å². The minimum atomic E-state index is -0.422. The number of hydrogen-bond acceptors (Lipinski definition) is 14. The molecule has 5 aliphatic rings. The van der Waals surface area contributed by atoms with Crippen LogP contribution in [0, 0.1) is 0 Å². The van der Waals surface area contributed by atoms with E-state index in [2.05, 4.69) is 355 Å². The Hall–Kier alpha value is -3.59. The first-order valence-electron chi connectivity index (χ1n) is 41.6. The molecule has 5 aliphatic heterocycles. The van der Waals surface area contributed by atoms with Crippen LogP contribution in [0.3, 0.4) is 0 Å². The van der Waals surface area contributed by atoms with Crippen molar-refractivity contribution in [3.63, 3.8) is 0 Å². The highest BCUT2D eigenvalue weighted by atomic mass is 79.9. The summed E-state index contributed by atoms with van der Waals surface area (Å²) in [5, 5.41) is 8.02. The first-order chi connectivity index (χ1) is 65.5. The average molecular weight is 2370 g/mol. The molecule has 136 heavy (non-hydrogen) atoms. The molecule has 0 radical (unpaired) electrons. The maximum Gasteiger partial charge on any atom is 0.495 e. The van der Waals surface area contributed by atoms with Crippen molar-refractivity contribution in [2.24, 2.45) is 0 Å². The van der Waals surface area contributed by atoms with Gasteiger partial charge in [-0.25, -0.2) is 9.80 Å². The Morgan fingerprint density at radius 3 is 1.08 bits per heavy atom. The van der Waals surface area contributed by atoms with E-state index in [4.69, 9.17) is 9.31 Å². The molecule has 2 aromatic heterocycles. The SMILES string of the molecule is CC1(C)c2ccccc2N(c2cccc3sc4cccc(-c5cc6c7c(cccc7c5)C(=O)N(c5ccccc5)C6=O)c4c23)c2ccccc21.CC1(C)c2ccccc2N(c2cccc3sc4cccc(B5OC(C)(C)C(C)(C)O5)c4c23)c2ccccc21.O=C1c2cccc3cc(Br)cc(c23)C(=O)N1c1ccccc1.PPP(P)P(P(P)P)P(P)P.S=S=S=S=S=S=S.S=S=S=S=S=S=S=S. The second kappa shape index (κ2) is 46.4. The van der Waals surface area contributed by atoms with Gasteiger partial charge in [0.15, 0.2) is 0 Å². The van der Waals surface area contributed by atoms with Crippen LogP contribution in [-0.2, 0) is 163 Å². The van der Waals surface area contributed by atoms with Crippen molar-refractivity contribution in [3.8, 4) is 11.1 Å². The minimum Gasteiger partial charge on any atom is -0.399 e. The summed E-state index contributed by atoms with van der Waals surface area (Å²) in [6.07, 6.45) is 0. The molecule has 10 nitrogen and oxygen atoms in total. The van der Waals surface area contributed by atoms with E-state index in [1.165, 1.54) is 131 Å². The fraction of sp³-hybridized carbons (Fsp3) is 0.125. The van der Waals surface area contributed by atoms with Crippen molar-refractivity contribution in [1.82, 2.24) is 0 Å². The van der Waals surface area contributed by atoms with Crippen LogP contribution < -0.4 is 25.1 Å². The number of halogens is 1. The van der Waals surface area contributed by atoms with Crippen LogP contribution in [0.4, 0.5) is 45.5 Å². The Kier molecular flexibility index (Phi) is 35.9. The summed E-state index contributed by atoms with van der Waals surface area (Å²) < 4.78 is 18.9. The number of amides is 4. The molecule has 0 N–H and O–H groups in total. The van der Waals surface area contributed by atoms with E-state index in [1.54, 1.807) is 97.8 Å². The van der Waals surface area contributed by atoms with Crippen molar-refractivity contribution in [1.29, 1.82) is 0 Å². The van der Waals surface area contributed by atoms with Gasteiger partial charge in [0.05, 0.1) is 62.3 Å². The predicted octanol–water partition coefficient (Wildman–Crippen LogP) is 30.6. The summed E-state index contributed by atoms with van der Waals surface area (Å²) in [5.41, 5.74) is 17.8. The first-order valence-corrected chi connectivity index (χ1v) is 80.6. The van der Waals surface area contributed by atoms with E-state index in [0.717, 1.165) is 56.3 Å². The maximum atomic E-state index is 14.3. The number of hydrogen-bond donors (Lipinski definition) is 0. The van der Waals surface area contributed by atoms with E-state index in [1.807, 2.05) is 102 Å². The largest absolute Gasteiger partial charge is 0.495 e. The summed E-state index contributed by atoms with van der Waals surface area (Å²) >= 11 is 25.4. The molecule has 40 heteroatoms. The third-order valence-electron chi connectivity index (χ3n) is 24.3. The van der Waals surface area contributed by atoms with E-state index >= 15 is 0 Å². The van der Waals surface area contributed by atoms with Gasteiger partial charge in [0, 0.05) is 226 Å². The van der Waals surface area contributed by atoms with Crippen molar-refractivity contribution in [2.75, 3.05) is 19.6 Å². The molecule has 21 rings (SSSR count). The molecule has 16 aromatic rings. The second-order valence-electron chi connectivity index (χ2n) is 33.1. The quantitative estimate of drug-likeness (QED) is 0.0740. The van der Waals surface area contributed by atoms with Crippen molar-refractivity contribution in [3.05, 3.63) is 340 Å². The molecule has 7 heterocycles. The Morgan fingerprint density at radius 1 is 0.346 bits per heavy atom. The van der Waals surface area contributed by atoms with Gasteiger partial charge < -0.3 is 19.1 Å². The zero-order chi connectivity index (χ0) is 96.2. The highest BCUT2D eigenvalue weighted by Crippen LogP contribution is 3.12. The summed E-state index contributed by atoms with van der Waals surface area (Å²) in [7, 11) is 35.0. The lowest BCUT2D eigenvalue weighted by atomic mass is 9.73. The van der Waals surface area contributed by atoms with Crippen LogP contribution >= 0.6 is 128 Å². The van der Waals surface area contributed by atoms with Gasteiger partial charge in [-0.2, -0.15) is 0 Å². The lowest BCUT2D eigenvalue weighted by Crippen LogP contribution is -2.41. The molecule has 0 spiro atoms. The number of carbonyl (C=O) groups excluding carboxylic acids is 4. The molecule has 8 unspecified atom stereocenters. The topological polar surface area (TPSA) is 99.7 Å². The van der Waals surface area contributed by atoms with Crippen LogP contribution in [0.2, 0.25) is 0 Å². The van der Waals surface area contributed by atoms with Crippen LogP contribution in [0.1, 0.15) is 119 Å². The van der Waals surface area contributed by atoms with Gasteiger partial charge in [0.1, 0.15) is 0 Å². The number of benzene rings is 14. The highest BCUT2D eigenvalue weighted by molar-refractivity contribution is 9.18. The number of thiophene rings is 2. The summed E-state index contributed by atoms with van der Waals surface area (Å²) in [6, 6.07) is 98.8. The Bertz CT molecular complexity index is 7880. The average Bonchev–Trinajstić information content (AvgIpc) is 1.17. The fourth-order valence-electron chi connectivity index (χ4n) is 17.8. The number of fused-ring (bicyclic) bond motifs is 10. The van der Waals surface area contributed by atoms with Gasteiger partial charge in [-0.05, 0) is 227 Å². The van der Waals surface area contributed by atoms with Crippen LogP contribution in [0.5, 0.6) is 0 Å². The first kappa shape index (κ1) is 105. The number of imide groups is 2. The monoisotopic (exact) mass is 2360 g/mol. The number of nitrogens with zero attached hydrogens (tertiary/aromatic N) is 4. The van der Waals surface area contributed by atoms with Gasteiger partial charge in [-0.1, -0.05) is 221 Å². The molecule has 4 amide bonds. The predicted molar refractivity (Wildman–Crippen MR) is 662 cm³/mol. The summed E-state index contributed by atoms with van der Waals surface area (Å²) in [5.74, 6) is -1.18. The smallest absolute Gasteiger partial charge is 0.399 e. The normalized spacial score (nSPS) is 15.0. The lowest BCUT2D eigenvalue weighted by Gasteiger charge is -2.42. The standard InChI is InChI=1S/C45H30N2O2S.C33H32BNO2S.C18H10BrNO2.H13P11.S8.S7/c1-45(2)33-18-6-8-20-35(33)47(36-21-9-7-19-34(36)45)37-22-12-24-39-42(37)41-30(16-11-23-38(41)50-39)28-25-27-13-10-17-31-40(27)32(26-28)44(49)46(43(31)48)29-14-4-3-5-15-29;1-31(2)21-13-7-9-16-24(21)35(25-17-10-8-14-22(25)31)26-18-12-20-28-30(26)29-23(15-11-19-27(29)38-28)34-36-32(3,4)33(5,6)37-34;19-12-9-11-5-4-8-14-16(11)15(10-12)18(22)20(17(14)21)13-6-2-1-3-7-13;1-7-10(6)11(8(2)3)9(4)5;1-3-5-7-8-6-4-2;1-3-5-7-6-4-2/h3-26H,1-2H3;7-20H,1-6H3;1-10H;7H,1-6H2;;. The third kappa shape index (κ3) is 21.5. The Balaban J connectivity index is 0.000000136. The molecule has 0 bridgehead atoms. The van der Waals surface area contributed by atoms with Crippen molar-refractivity contribution in [2.45, 2.75) is 77.4 Å². The number of carbonyl (C=O) groups is 4. The molecular formula is C96H85BBrN4O6P11S17. The molecule has 0 aliphatic carbocycles. The van der Waals surface area contributed by atoms with E-state index in [0.29, 0.717) is 39.0 Å². The number of anilines is 8. The zero-order valence-corrected chi connectivity index (χ0v) is 101. The van der Waals surface area contributed by atoms with Crippen LogP contribution in [-0.4, -0.2) is 41.9 Å². The molecule has 1 fully saturated rings. The Labute approximate surface area is 880 Å². The molecular weight excluding hydrogens is 2280 g/mol. The third-order valence-corrected chi connectivity index (χ3v) is 106. The molecule has 0 saturated carbocycles. The van der Waals surface area contributed by atoms with Gasteiger partial charge >= 0.3 is 7.12 Å². The van der Waals surface area contributed by atoms with Crippen LogP contribution in [0.25, 0.3) is 73.0 Å². The lowest BCUT2D eigenvalue weighted by molar-refractivity contribution is 0.00578. The Morgan fingerprint density at radius 2 is 0.676 bits per heavy atom.